The van der Waals surface area contributed by atoms with Crippen LogP contribution in [0.4, 0.5) is 0 Å². The van der Waals surface area contributed by atoms with Crippen LogP contribution in [0.5, 0.6) is 0 Å². The maximum Gasteiger partial charge on any atom is 0.223 e. The average molecular weight is 313 g/mol. The van der Waals surface area contributed by atoms with Gasteiger partial charge in [-0.3, -0.25) is 4.79 Å². The van der Waals surface area contributed by atoms with Gasteiger partial charge in [0.2, 0.25) is 5.91 Å². The van der Waals surface area contributed by atoms with Crippen LogP contribution in [0.15, 0.2) is 30.3 Å². The van der Waals surface area contributed by atoms with Crippen LogP contribution >= 0.6 is 12.4 Å². The van der Waals surface area contributed by atoms with Crippen molar-refractivity contribution in [2.24, 2.45) is 5.92 Å². The number of amides is 1. The van der Waals surface area contributed by atoms with E-state index in [1.54, 1.807) is 7.11 Å². The van der Waals surface area contributed by atoms with E-state index >= 15 is 0 Å². The van der Waals surface area contributed by atoms with Gasteiger partial charge in [0.05, 0.1) is 12.6 Å². The number of carbonyl (C=O) groups is 1. The summed E-state index contributed by atoms with van der Waals surface area (Å²) in [5.74, 6) is 0.249. The largest absolute Gasteiger partial charge is 0.382 e. The number of hydrogen-bond donors (Lipinski definition) is 2. The van der Waals surface area contributed by atoms with Gasteiger partial charge in [-0.2, -0.15) is 0 Å². The SMILES string of the molecule is COCC(NC(=O)[C@H]1CCN[C@@H](C)C1)c1ccccc1.Cl. The zero-order valence-electron chi connectivity index (χ0n) is 12.7. The molecule has 5 heteroatoms. The number of piperidine rings is 1. The van der Waals surface area contributed by atoms with Crippen LogP contribution in [0.1, 0.15) is 31.4 Å². The summed E-state index contributed by atoms with van der Waals surface area (Å²) in [5.41, 5.74) is 1.09. The Morgan fingerprint density at radius 3 is 2.76 bits per heavy atom. The fraction of sp³-hybridized carbons (Fsp3) is 0.562. The number of methoxy groups -OCH3 is 1. The van der Waals surface area contributed by atoms with Crippen molar-refractivity contribution in [1.82, 2.24) is 10.6 Å². The zero-order chi connectivity index (χ0) is 14.4. The summed E-state index contributed by atoms with van der Waals surface area (Å²) < 4.78 is 5.24. The third-order valence-electron chi connectivity index (χ3n) is 3.85. The Kier molecular flexibility index (Phi) is 7.72. The van der Waals surface area contributed by atoms with Crippen molar-refractivity contribution in [2.45, 2.75) is 31.8 Å². The molecule has 1 heterocycles. The predicted octanol–water partition coefficient (Wildman–Crippen LogP) is 2.30. The Hall–Kier alpha value is -1.10. The Labute approximate surface area is 133 Å². The van der Waals surface area contributed by atoms with Gasteiger partial charge in [-0.15, -0.1) is 12.4 Å². The van der Waals surface area contributed by atoms with Gasteiger partial charge in [-0.25, -0.2) is 0 Å². The number of hydrogen-bond acceptors (Lipinski definition) is 3. The molecule has 1 fully saturated rings. The Morgan fingerprint density at radius 2 is 2.14 bits per heavy atom. The molecule has 0 aromatic heterocycles. The van der Waals surface area contributed by atoms with Gasteiger partial charge in [-0.05, 0) is 31.9 Å². The van der Waals surface area contributed by atoms with Crippen LogP contribution in [-0.4, -0.2) is 32.2 Å². The maximum absolute atomic E-state index is 12.4. The van der Waals surface area contributed by atoms with Crippen molar-refractivity contribution in [1.29, 1.82) is 0 Å². The van der Waals surface area contributed by atoms with Crippen molar-refractivity contribution >= 4 is 18.3 Å². The number of ether oxygens (including phenoxy) is 1. The number of benzene rings is 1. The summed E-state index contributed by atoms with van der Waals surface area (Å²) >= 11 is 0. The second-order valence-electron chi connectivity index (χ2n) is 5.50. The van der Waals surface area contributed by atoms with Crippen LogP contribution in [0, 0.1) is 5.92 Å². The van der Waals surface area contributed by atoms with Gasteiger partial charge in [0.25, 0.3) is 0 Å². The predicted molar refractivity (Wildman–Crippen MR) is 86.6 cm³/mol. The number of carbonyl (C=O) groups excluding carboxylic acids is 1. The van der Waals surface area contributed by atoms with Gasteiger partial charge >= 0.3 is 0 Å². The van der Waals surface area contributed by atoms with E-state index in [1.165, 1.54) is 0 Å². The van der Waals surface area contributed by atoms with E-state index in [0.29, 0.717) is 12.6 Å². The molecule has 1 amide bonds. The molecule has 0 aliphatic carbocycles. The van der Waals surface area contributed by atoms with Gasteiger partial charge in [0.15, 0.2) is 0 Å². The molecule has 1 saturated heterocycles. The lowest BCUT2D eigenvalue weighted by atomic mass is 9.92. The van der Waals surface area contributed by atoms with Gasteiger partial charge < -0.3 is 15.4 Å². The second kappa shape index (κ2) is 9.03. The molecule has 2 N–H and O–H groups in total. The fourth-order valence-electron chi connectivity index (χ4n) is 2.73. The monoisotopic (exact) mass is 312 g/mol. The number of nitrogens with one attached hydrogen (secondary N) is 2. The first kappa shape index (κ1) is 18.0. The van der Waals surface area contributed by atoms with E-state index in [4.69, 9.17) is 4.74 Å². The molecule has 1 aliphatic rings. The lowest BCUT2D eigenvalue weighted by Gasteiger charge is -2.29. The third-order valence-corrected chi connectivity index (χ3v) is 3.85. The molecular weight excluding hydrogens is 288 g/mol. The number of rotatable bonds is 5. The highest BCUT2D eigenvalue weighted by Gasteiger charge is 2.26. The van der Waals surface area contributed by atoms with E-state index in [1.807, 2.05) is 30.3 Å². The standard InChI is InChI=1S/C16H24N2O2.ClH/c1-12-10-14(8-9-17-12)16(19)18-15(11-20-2)13-6-4-3-5-7-13;/h3-7,12,14-15,17H,8-11H2,1-2H3,(H,18,19);1H/t12-,14-,15?;/m0./s1. The van der Waals surface area contributed by atoms with Crippen molar-refractivity contribution in [3.63, 3.8) is 0 Å². The smallest absolute Gasteiger partial charge is 0.223 e. The quantitative estimate of drug-likeness (QED) is 0.877. The highest BCUT2D eigenvalue weighted by atomic mass is 35.5. The van der Waals surface area contributed by atoms with E-state index in [0.717, 1.165) is 24.9 Å². The first-order valence-corrected chi connectivity index (χ1v) is 7.28. The molecule has 0 bridgehead atoms. The molecule has 3 atom stereocenters. The lowest BCUT2D eigenvalue weighted by Crippen LogP contribution is -2.43. The van der Waals surface area contributed by atoms with Crippen LogP contribution in [0.3, 0.4) is 0 Å². The summed E-state index contributed by atoms with van der Waals surface area (Å²) in [6.07, 6.45) is 1.81. The van der Waals surface area contributed by atoms with E-state index in [-0.39, 0.29) is 30.3 Å². The highest BCUT2D eigenvalue weighted by molar-refractivity contribution is 5.85. The third kappa shape index (κ3) is 5.30. The minimum absolute atomic E-state index is 0. The molecule has 1 aromatic carbocycles. The van der Waals surface area contributed by atoms with Crippen LogP contribution in [0.25, 0.3) is 0 Å². The Balaban J connectivity index is 0.00000220. The minimum atomic E-state index is -0.0705. The maximum atomic E-state index is 12.4. The molecule has 4 nitrogen and oxygen atoms in total. The number of halogens is 1. The summed E-state index contributed by atoms with van der Waals surface area (Å²) in [7, 11) is 1.66. The second-order valence-corrected chi connectivity index (χ2v) is 5.50. The zero-order valence-corrected chi connectivity index (χ0v) is 13.5. The topological polar surface area (TPSA) is 50.4 Å². The highest BCUT2D eigenvalue weighted by Crippen LogP contribution is 2.19. The van der Waals surface area contributed by atoms with E-state index in [9.17, 15) is 4.79 Å². The first-order chi connectivity index (χ1) is 9.70. The molecule has 1 unspecified atom stereocenters. The molecule has 0 saturated carbocycles. The Morgan fingerprint density at radius 1 is 1.43 bits per heavy atom. The summed E-state index contributed by atoms with van der Waals surface area (Å²) in [6, 6.07) is 10.3. The average Bonchev–Trinajstić information content (AvgIpc) is 2.47. The van der Waals surface area contributed by atoms with Crippen molar-refractivity contribution in [3.05, 3.63) is 35.9 Å². The first-order valence-electron chi connectivity index (χ1n) is 7.28. The van der Waals surface area contributed by atoms with E-state index in [2.05, 4.69) is 17.6 Å². The molecule has 0 spiro atoms. The minimum Gasteiger partial charge on any atom is -0.382 e. The normalized spacial score (nSPS) is 23.0. The lowest BCUT2D eigenvalue weighted by molar-refractivity contribution is -0.127. The van der Waals surface area contributed by atoms with Crippen molar-refractivity contribution in [2.75, 3.05) is 20.3 Å². The molecule has 21 heavy (non-hydrogen) atoms. The molecule has 0 radical (unpaired) electrons. The van der Waals surface area contributed by atoms with Gasteiger partial charge in [0, 0.05) is 19.1 Å². The molecule has 2 rings (SSSR count). The molecule has 118 valence electrons. The fourth-order valence-corrected chi connectivity index (χ4v) is 2.73. The van der Waals surface area contributed by atoms with Gasteiger partial charge in [0.1, 0.15) is 0 Å². The molecule has 1 aliphatic heterocycles. The van der Waals surface area contributed by atoms with Gasteiger partial charge in [-0.1, -0.05) is 30.3 Å². The summed E-state index contributed by atoms with van der Waals surface area (Å²) in [6.45, 7) is 3.54. The molecule has 1 aromatic rings. The summed E-state index contributed by atoms with van der Waals surface area (Å²) in [4.78, 5) is 12.4. The van der Waals surface area contributed by atoms with Crippen molar-refractivity contribution < 1.29 is 9.53 Å². The van der Waals surface area contributed by atoms with Crippen LogP contribution in [0.2, 0.25) is 0 Å². The van der Waals surface area contributed by atoms with E-state index < -0.39 is 0 Å². The Bertz CT molecular complexity index is 428. The van der Waals surface area contributed by atoms with Crippen LogP contribution < -0.4 is 10.6 Å². The summed E-state index contributed by atoms with van der Waals surface area (Å²) in [5, 5.41) is 6.51. The van der Waals surface area contributed by atoms with Crippen LogP contribution in [-0.2, 0) is 9.53 Å². The molecular formula is C16H25ClN2O2. The van der Waals surface area contributed by atoms with Crippen molar-refractivity contribution in [3.8, 4) is 0 Å².